The predicted molar refractivity (Wildman–Crippen MR) is 80.0 cm³/mol. The first kappa shape index (κ1) is 14.7. The van der Waals surface area contributed by atoms with E-state index in [2.05, 4.69) is 38.2 Å². The highest BCUT2D eigenvalue weighted by atomic mass is 79.9. The SMILES string of the molecule is COCc1noc(C2(c3ccc(Br)cc3)CCOCC2)n1. The van der Waals surface area contributed by atoms with Crippen LogP contribution in [-0.2, 0) is 21.5 Å². The molecule has 21 heavy (non-hydrogen) atoms. The second kappa shape index (κ2) is 6.25. The minimum absolute atomic E-state index is 0.266. The molecule has 0 amide bonds. The molecule has 1 aliphatic heterocycles. The minimum Gasteiger partial charge on any atom is -0.381 e. The van der Waals surface area contributed by atoms with Gasteiger partial charge in [0.25, 0.3) is 0 Å². The zero-order chi connectivity index (χ0) is 14.7. The summed E-state index contributed by atoms with van der Waals surface area (Å²) in [5.41, 5.74) is 0.916. The molecule has 1 fully saturated rings. The van der Waals surface area contributed by atoms with Crippen LogP contribution < -0.4 is 0 Å². The number of hydrogen-bond acceptors (Lipinski definition) is 5. The molecule has 1 aliphatic rings. The van der Waals surface area contributed by atoms with Crippen LogP contribution in [-0.4, -0.2) is 30.5 Å². The maximum absolute atomic E-state index is 5.54. The lowest BCUT2D eigenvalue weighted by Gasteiger charge is -2.34. The van der Waals surface area contributed by atoms with E-state index in [0.717, 1.165) is 17.3 Å². The molecule has 112 valence electrons. The summed E-state index contributed by atoms with van der Waals surface area (Å²) in [6.07, 6.45) is 1.67. The number of halogens is 1. The number of hydrogen-bond donors (Lipinski definition) is 0. The molecule has 0 radical (unpaired) electrons. The lowest BCUT2D eigenvalue weighted by molar-refractivity contribution is 0.0523. The molecule has 2 aromatic rings. The first-order valence-electron chi connectivity index (χ1n) is 6.90. The highest BCUT2D eigenvalue weighted by molar-refractivity contribution is 9.10. The molecule has 0 N–H and O–H groups in total. The summed E-state index contributed by atoms with van der Waals surface area (Å²) in [6.45, 7) is 1.74. The monoisotopic (exact) mass is 352 g/mol. The molecule has 0 spiro atoms. The van der Waals surface area contributed by atoms with E-state index in [1.807, 2.05) is 12.1 Å². The van der Waals surface area contributed by atoms with E-state index in [0.29, 0.717) is 31.5 Å². The fraction of sp³-hybridized carbons (Fsp3) is 0.467. The molecule has 0 aliphatic carbocycles. The molecule has 2 heterocycles. The van der Waals surface area contributed by atoms with E-state index < -0.39 is 0 Å². The number of aromatic nitrogens is 2. The topological polar surface area (TPSA) is 57.4 Å². The number of benzene rings is 1. The number of rotatable bonds is 4. The molecule has 0 atom stereocenters. The van der Waals surface area contributed by atoms with E-state index in [-0.39, 0.29) is 5.41 Å². The molecule has 1 saturated heterocycles. The summed E-state index contributed by atoms with van der Waals surface area (Å²) < 4.78 is 17.2. The van der Waals surface area contributed by atoms with E-state index in [1.54, 1.807) is 7.11 Å². The van der Waals surface area contributed by atoms with Crippen molar-refractivity contribution in [2.45, 2.75) is 24.9 Å². The molecular weight excluding hydrogens is 336 g/mol. The van der Waals surface area contributed by atoms with Crippen LogP contribution in [0.25, 0.3) is 0 Å². The summed E-state index contributed by atoms with van der Waals surface area (Å²) in [5, 5.41) is 4.01. The summed E-state index contributed by atoms with van der Waals surface area (Å²) in [4.78, 5) is 4.52. The number of ether oxygens (including phenoxy) is 2. The third-order valence-corrected chi connectivity index (χ3v) is 4.42. The average molecular weight is 353 g/mol. The first-order chi connectivity index (χ1) is 10.2. The Morgan fingerprint density at radius 1 is 1.24 bits per heavy atom. The Hall–Kier alpha value is -1.24. The van der Waals surface area contributed by atoms with Gasteiger partial charge < -0.3 is 14.0 Å². The van der Waals surface area contributed by atoms with Crippen molar-refractivity contribution in [1.82, 2.24) is 10.1 Å². The van der Waals surface area contributed by atoms with Gasteiger partial charge in [0.05, 0.1) is 5.41 Å². The van der Waals surface area contributed by atoms with Crippen molar-refractivity contribution in [3.05, 3.63) is 46.0 Å². The molecule has 0 saturated carbocycles. The molecule has 5 nitrogen and oxygen atoms in total. The molecule has 6 heteroatoms. The van der Waals surface area contributed by atoms with Crippen LogP contribution in [0.3, 0.4) is 0 Å². The van der Waals surface area contributed by atoms with Crippen LogP contribution in [0.1, 0.15) is 30.1 Å². The zero-order valence-electron chi connectivity index (χ0n) is 11.8. The van der Waals surface area contributed by atoms with Gasteiger partial charge >= 0.3 is 0 Å². The van der Waals surface area contributed by atoms with Gasteiger partial charge in [-0.15, -0.1) is 0 Å². The van der Waals surface area contributed by atoms with Gasteiger partial charge in [0.2, 0.25) is 5.89 Å². The van der Waals surface area contributed by atoms with Crippen molar-refractivity contribution in [2.24, 2.45) is 0 Å². The van der Waals surface area contributed by atoms with Gasteiger partial charge in [0.1, 0.15) is 6.61 Å². The Labute approximate surface area is 131 Å². The fourth-order valence-corrected chi connectivity index (χ4v) is 3.02. The van der Waals surface area contributed by atoms with Crippen molar-refractivity contribution in [3.8, 4) is 0 Å². The smallest absolute Gasteiger partial charge is 0.237 e. The summed E-state index contributed by atoms with van der Waals surface area (Å²) in [6, 6.07) is 8.29. The van der Waals surface area contributed by atoms with Crippen LogP contribution in [0.15, 0.2) is 33.3 Å². The largest absolute Gasteiger partial charge is 0.381 e. The molecule has 1 aromatic heterocycles. The Morgan fingerprint density at radius 2 is 1.95 bits per heavy atom. The van der Waals surface area contributed by atoms with Gasteiger partial charge in [0, 0.05) is 24.8 Å². The lowest BCUT2D eigenvalue weighted by Crippen LogP contribution is -2.35. The highest BCUT2D eigenvalue weighted by Gasteiger charge is 2.41. The van der Waals surface area contributed by atoms with Crippen LogP contribution in [0.4, 0.5) is 0 Å². The second-order valence-corrected chi connectivity index (χ2v) is 6.07. The molecular formula is C15H17BrN2O3. The highest BCUT2D eigenvalue weighted by Crippen LogP contribution is 2.40. The van der Waals surface area contributed by atoms with Gasteiger partial charge in [0.15, 0.2) is 5.82 Å². The van der Waals surface area contributed by atoms with Crippen molar-refractivity contribution in [2.75, 3.05) is 20.3 Å². The summed E-state index contributed by atoms with van der Waals surface area (Å²) in [5.74, 6) is 1.23. The summed E-state index contributed by atoms with van der Waals surface area (Å²) in [7, 11) is 1.62. The van der Waals surface area contributed by atoms with E-state index in [9.17, 15) is 0 Å². The van der Waals surface area contributed by atoms with Gasteiger partial charge in [-0.1, -0.05) is 33.2 Å². The first-order valence-corrected chi connectivity index (χ1v) is 7.70. The zero-order valence-corrected chi connectivity index (χ0v) is 13.4. The van der Waals surface area contributed by atoms with E-state index in [4.69, 9.17) is 14.0 Å². The van der Waals surface area contributed by atoms with Crippen LogP contribution in [0.5, 0.6) is 0 Å². The van der Waals surface area contributed by atoms with Crippen molar-refractivity contribution in [1.29, 1.82) is 0 Å². The number of methoxy groups -OCH3 is 1. The Balaban J connectivity index is 2.01. The fourth-order valence-electron chi connectivity index (χ4n) is 2.75. The molecule has 0 unspecified atom stereocenters. The van der Waals surface area contributed by atoms with Crippen LogP contribution >= 0.6 is 15.9 Å². The summed E-state index contributed by atoms with van der Waals surface area (Å²) >= 11 is 3.48. The maximum Gasteiger partial charge on any atom is 0.237 e. The van der Waals surface area contributed by atoms with Gasteiger partial charge in [-0.25, -0.2) is 0 Å². The van der Waals surface area contributed by atoms with E-state index >= 15 is 0 Å². The van der Waals surface area contributed by atoms with E-state index in [1.165, 1.54) is 5.56 Å². The Kier molecular flexibility index (Phi) is 4.37. The normalized spacial score (nSPS) is 17.8. The van der Waals surface area contributed by atoms with Gasteiger partial charge in [-0.2, -0.15) is 4.98 Å². The third-order valence-electron chi connectivity index (χ3n) is 3.89. The van der Waals surface area contributed by atoms with Gasteiger partial charge in [-0.05, 0) is 30.5 Å². The van der Waals surface area contributed by atoms with Crippen molar-refractivity contribution < 1.29 is 14.0 Å². The Bertz CT molecular complexity index is 591. The minimum atomic E-state index is -0.266. The van der Waals surface area contributed by atoms with Crippen molar-refractivity contribution in [3.63, 3.8) is 0 Å². The molecule has 1 aromatic carbocycles. The van der Waals surface area contributed by atoms with Crippen molar-refractivity contribution >= 4 is 15.9 Å². The van der Waals surface area contributed by atoms with Gasteiger partial charge in [-0.3, -0.25) is 0 Å². The number of nitrogens with zero attached hydrogens (tertiary/aromatic N) is 2. The molecule has 3 rings (SSSR count). The van der Waals surface area contributed by atoms with Crippen LogP contribution in [0, 0.1) is 0 Å². The maximum atomic E-state index is 5.54. The standard InChI is InChI=1S/C15H17BrN2O3/c1-19-10-13-17-14(21-18-13)15(6-8-20-9-7-15)11-2-4-12(16)5-3-11/h2-5H,6-10H2,1H3. The molecule has 0 bridgehead atoms. The quantitative estimate of drug-likeness (QED) is 0.846. The second-order valence-electron chi connectivity index (χ2n) is 5.15. The third kappa shape index (κ3) is 2.88. The average Bonchev–Trinajstić information content (AvgIpc) is 2.98. The predicted octanol–water partition coefficient (Wildman–Crippen LogP) is 3.08. The lowest BCUT2D eigenvalue weighted by atomic mass is 9.74. The Morgan fingerprint density at radius 3 is 2.62 bits per heavy atom. The van der Waals surface area contributed by atoms with Crippen LogP contribution in [0.2, 0.25) is 0 Å².